The first kappa shape index (κ1) is 24.0. The molecule has 1 amide bonds. The standard InChI is InChI=1S/C24H26F3N7O2/c1-13(24(25,26)27)31-22(35)19-12-30-34-8-7-14(9-20(19)34)17-10-28-21-18(17)11-29-23(33-21)32-15-3-5-16(36-2)6-4-15/h7-13,15-16H,3-6H2,1-2H3,(H,31,35)(H2,28,29,32,33)/t13?,15-,16+. The minimum Gasteiger partial charge on any atom is -0.381 e. The van der Waals surface area contributed by atoms with Crippen molar-refractivity contribution in [1.82, 2.24) is 29.9 Å². The zero-order valence-electron chi connectivity index (χ0n) is 19.8. The van der Waals surface area contributed by atoms with Crippen LogP contribution in [0.3, 0.4) is 0 Å². The van der Waals surface area contributed by atoms with Gasteiger partial charge in [-0.1, -0.05) is 0 Å². The minimum absolute atomic E-state index is 0.0544. The van der Waals surface area contributed by atoms with Crippen molar-refractivity contribution < 1.29 is 22.7 Å². The van der Waals surface area contributed by atoms with E-state index < -0.39 is 18.1 Å². The minimum atomic E-state index is -4.54. The van der Waals surface area contributed by atoms with E-state index in [1.165, 1.54) is 10.7 Å². The third kappa shape index (κ3) is 4.72. The van der Waals surface area contributed by atoms with E-state index in [-0.39, 0.29) is 11.6 Å². The van der Waals surface area contributed by atoms with Crippen molar-refractivity contribution in [2.24, 2.45) is 0 Å². The van der Waals surface area contributed by atoms with Gasteiger partial charge in [0.15, 0.2) is 0 Å². The number of amides is 1. The Morgan fingerprint density at radius 2 is 2.03 bits per heavy atom. The molecule has 1 aliphatic carbocycles. The summed E-state index contributed by atoms with van der Waals surface area (Å²) in [6.45, 7) is 0.898. The monoisotopic (exact) mass is 501 g/mol. The number of methoxy groups -OCH3 is 1. The van der Waals surface area contributed by atoms with Gasteiger partial charge in [-0.15, -0.1) is 0 Å². The Kier molecular flexibility index (Phi) is 6.29. The van der Waals surface area contributed by atoms with Crippen LogP contribution in [0.5, 0.6) is 0 Å². The average molecular weight is 502 g/mol. The lowest BCUT2D eigenvalue weighted by molar-refractivity contribution is -0.149. The van der Waals surface area contributed by atoms with Crippen LogP contribution in [0.1, 0.15) is 43.0 Å². The summed E-state index contributed by atoms with van der Waals surface area (Å²) in [7, 11) is 1.74. The molecule has 0 aliphatic heterocycles. The molecule has 3 N–H and O–H groups in total. The molecule has 0 bridgehead atoms. The lowest BCUT2D eigenvalue weighted by Crippen LogP contribution is -2.43. The number of nitrogens with zero attached hydrogens (tertiary/aromatic N) is 4. The van der Waals surface area contributed by atoms with Crippen molar-refractivity contribution in [2.75, 3.05) is 12.4 Å². The molecule has 190 valence electrons. The van der Waals surface area contributed by atoms with Crippen molar-refractivity contribution in [1.29, 1.82) is 0 Å². The summed E-state index contributed by atoms with van der Waals surface area (Å²) in [5.74, 6) is -0.301. The number of nitrogens with one attached hydrogen (secondary N) is 3. The first-order chi connectivity index (χ1) is 17.2. The highest BCUT2D eigenvalue weighted by Crippen LogP contribution is 2.30. The van der Waals surface area contributed by atoms with E-state index in [1.807, 2.05) is 11.4 Å². The summed E-state index contributed by atoms with van der Waals surface area (Å²) < 4.78 is 45.6. The van der Waals surface area contributed by atoms with E-state index in [4.69, 9.17) is 4.74 Å². The van der Waals surface area contributed by atoms with Crippen LogP contribution < -0.4 is 10.6 Å². The van der Waals surface area contributed by atoms with Crippen LogP contribution in [-0.4, -0.2) is 61.9 Å². The van der Waals surface area contributed by atoms with Gasteiger partial charge in [-0.3, -0.25) is 4.79 Å². The molecule has 1 atom stereocenters. The second-order valence-corrected chi connectivity index (χ2v) is 9.05. The summed E-state index contributed by atoms with van der Waals surface area (Å²) >= 11 is 0. The Hall–Kier alpha value is -3.67. The van der Waals surface area contributed by atoms with Gasteiger partial charge < -0.3 is 20.4 Å². The van der Waals surface area contributed by atoms with Crippen LogP contribution in [0.2, 0.25) is 0 Å². The predicted octanol–water partition coefficient (Wildman–Crippen LogP) is 4.32. The van der Waals surface area contributed by atoms with Crippen LogP contribution in [0.4, 0.5) is 19.1 Å². The molecule has 12 heteroatoms. The van der Waals surface area contributed by atoms with Gasteiger partial charge in [-0.05, 0) is 50.3 Å². The van der Waals surface area contributed by atoms with Gasteiger partial charge in [0.2, 0.25) is 5.95 Å². The van der Waals surface area contributed by atoms with E-state index in [0.717, 1.165) is 49.1 Å². The highest BCUT2D eigenvalue weighted by atomic mass is 19.4. The fraction of sp³-hybridized carbons (Fsp3) is 0.417. The molecule has 1 fully saturated rings. The summed E-state index contributed by atoms with van der Waals surface area (Å²) in [6, 6.07) is 1.83. The second kappa shape index (κ2) is 9.41. The van der Waals surface area contributed by atoms with Crippen LogP contribution in [-0.2, 0) is 4.74 Å². The number of fused-ring (bicyclic) bond motifs is 2. The lowest BCUT2D eigenvalue weighted by Gasteiger charge is -2.28. The van der Waals surface area contributed by atoms with Crippen molar-refractivity contribution in [2.45, 2.75) is 57.0 Å². The fourth-order valence-corrected chi connectivity index (χ4v) is 4.52. The number of anilines is 1. The van der Waals surface area contributed by atoms with Crippen molar-refractivity contribution in [3.63, 3.8) is 0 Å². The molecule has 0 spiro atoms. The molecule has 0 saturated heterocycles. The van der Waals surface area contributed by atoms with E-state index in [0.29, 0.717) is 23.2 Å². The number of carbonyl (C=O) groups excluding carboxylic acids is 1. The van der Waals surface area contributed by atoms with E-state index in [2.05, 4.69) is 25.4 Å². The molecule has 9 nitrogen and oxygen atoms in total. The van der Waals surface area contributed by atoms with Crippen molar-refractivity contribution in [3.8, 4) is 11.1 Å². The molecule has 0 radical (unpaired) electrons. The van der Waals surface area contributed by atoms with Crippen molar-refractivity contribution >= 4 is 28.4 Å². The summed E-state index contributed by atoms with van der Waals surface area (Å²) in [6.07, 6.45) is 6.17. The molecule has 1 unspecified atom stereocenters. The molecule has 4 aromatic rings. The number of aromatic nitrogens is 5. The Morgan fingerprint density at radius 1 is 1.25 bits per heavy atom. The molecular formula is C24H26F3N7O2. The highest BCUT2D eigenvalue weighted by molar-refractivity contribution is 6.02. The number of alkyl halides is 3. The Morgan fingerprint density at radius 3 is 2.75 bits per heavy atom. The molecular weight excluding hydrogens is 475 g/mol. The van der Waals surface area contributed by atoms with E-state index in [9.17, 15) is 18.0 Å². The first-order valence-corrected chi connectivity index (χ1v) is 11.7. The largest absolute Gasteiger partial charge is 0.408 e. The van der Waals surface area contributed by atoms with Gasteiger partial charge in [-0.2, -0.15) is 23.3 Å². The van der Waals surface area contributed by atoms with Crippen LogP contribution in [0, 0.1) is 0 Å². The fourth-order valence-electron chi connectivity index (χ4n) is 4.52. The van der Waals surface area contributed by atoms with Crippen molar-refractivity contribution in [3.05, 3.63) is 42.5 Å². The number of aromatic amines is 1. The molecule has 4 heterocycles. The topological polar surface area (TPSA) is 109 Å². The van der Waals surface area contributed by atoms with Crippen LogP contribution >= 0.6 is 0 Å². The number of ether oxygens (including phenoxy) is 1. The average Bonchev–Trinajstić information content (AvgIpc) is 3.47. The third-order valence-electron chi connectivity index (χ3n) is 6.69. The SMILES string of the molecule is CO[C@H]1CC[C@@H](Nc2ncc3c(-c4ccn5ncc(C(=O)NC(C)C(F)(F)F)c5c4)c[nH]c3n2)CC1. The second-order valence-electron chi connectivity index (χ2n) is 9.05. The van der Waals surface area contributed by atoms with Gasteiger partial charge >= 0.3 is 6.18 Å². The number of carbonyl (C=O) groups is 1. The van der Waals surface area contributed by atoms with E-state index >= 15 is 0 Å². The normalized spacial score (nSPS) is 19.5. The summed E-state index contributed by atoms with van der Waals surface area (Å²) in [4.78, 5) is 24.8. The quantitative estimate of drug-likeness (QED) is 0.363. The van der Waals surface area contributed by atoms with E-state index in [1.54, 1.807) is 31.8 Å². The summed E-state index contributed by atoms with van der Waals surface area (Å²) in [5, 5.41) is 10.3. The Balaban J connectivity index is 1.38. The van der Waals surface area contributed by atoms with Gasteiger partial charge in [-0.25, -0.2) is 9.50 Å². The molecule has 1 saturated carbocycles. The number of hydrogen-bond donors (Lipinski definition) is 3. The van der Waals surface area contributed by atoms with Gasteiger partial charge in [0.05, 0.1) is 23.4 Å². The van der Waals surface area contributed by atoms with Gasteiger partial charge in [0.25, 0.3) is 5.91 Å². The molecule has 5 rings (SSSR count). The smallest absolute Gasteiger partial charge is 0.381 e. The van der Waals surface area contributed by atoms with Crippen LogP contribution in [0.25, 0.3) is 27.7 Å². The van der Waals surface area contributed by atoms with Crippen LogP contribution in [0.15, 0.2) is 36.9 Å². The third-order valence-corrected chi connectivity index (χ3v) is 6.69. The zero-order valence-corrected chi connectivity index (χ0v) is 19.8. The molecule has 36 heavy (non-hydrogen) atoms. The highest BCUT2D eigenvalue weighted by Gasteiger charge is 2.37. The number of rotatable bonds is 6. The summed E-state index contributed by atoms with van der Waals surface area (Å²) in [5.41, 5.74) is 2.64. The number of pyridine rings is 1. The Labute approximate surface area is 204 Å². The number of hydrogen-bond acceptors (Lipinski definition) is 6. The van der Waals surface area contributed by atoms with Gasteiger partial charge in [0.1, 0.15) is 11.7 Å². The molecule has 0 aromatic carbocycles. The number of halogens is 3. The molecule has 4 aromatic heterocycles. The predicted molar refractivity (Wildman–Crippen MR) is 128 cm³/mol. The first-order valence-electron chi connectivity index (χ1n) is 11.7. The maximum atomic E-state index is 12.9. The maximum absolute atomic E-state index is 12.9. The molecule has 1 aliphatic rings. The number of H-pyrrole nitrogens is 1. The maximum Gasteiger partial charge on any atom is 0.408 e. The Bertz CT molecular complexity index is 1390. The zero-order chi connectivity index (χ0) is 25.4. The van der Waals surface area contributed by atoms with Gasteiger partial charge in [0, 0.05) is 42.7 Å². The lowest BCUT2D eigenvalue weighted by atomic mass is 9.93.